The molecular formula is C19H21NO8. The Morgan fingerprint density at radius 1 is 1.21 bits per heavy atom. The SMILES string of the molecule is COC(=O)C(C(=O)OC)C(/C=C/c1ccc([N+](=O)[O-])cc1)C1COCCC1=O. The largest absolute Gasteiger partial charge is 0.468 e. The van der Waals surface area contributed by atoms with Gasteiger partial charge in [-0.1, -0.05) is 12.2 Å². The molecule has 0 aliphatic carbocycles. The lowest BCUT2D eigenvalue weighted by molar-refractivity contribution is -0.384. The van der Waals surface area contributed by atoms with Crippen molar-refractivity contribution in [3.63, 3.8) is 0 Å². The minimum absolute atomic E-state index is 0.0634. The summed E-state index contributed by atoms with van der Waals surface area (Å²) in [6, 6.07) is 5.72. The smallest absolute Gasteiger partial charge is 0.320 e. The number of nitro groups is 1. The van der Waals surface area contributed by atoms with Gasteiger partial charge in [-0.3, -0.25) is 24.5 Å². The zero-order valence-electron chi connectivity index (χ0n) is 15.5. The van der Waals surface area contributed by atoms with E-state index in [9.17, 15) is 24.5 Å². The molecule has 28 heavy (non-hydrogen) atoms. The van der Waals surface area contributed by atoms with Crippen LogP contribution in [0.25, 0.3) is 6.08 Å². The quantitative estimate of drug-likeness (QED) is 0.298. The van der Waals surface area contributed by atoms with Crippen LogP contribution >= 0.6 is 0 Å². The number of allylic oxidation sites excluding steroid dienone is 1. The molecule has 1 aliphatic heterocycles. The lowest BCUT2D eigenvalue weighted by atomic mass is 9.77. The molecule has 1 aromatic carbocycles. The van der Waals surface area contributed by atoms with E-state index in [4.69, 9.17) is 14.2 Å². The fourth-order valence-corrected chi connectivity index (χ4v) is 3.06. The Bertz CT molecular complexity index is 755. The van der Waals surface area contributed by atoms with Gasteiger partial charge < -0.3 is 14.2 Å². The molecule has 0 aromatic heterocycles. The predicted octanol–water partition coefficient (Wildman–Crippen LogP) is 1.79. The van der Waals surface area contributed by atoms with Crippen molar-refractivity contribution in [2.24, 2.45) is 17.8 Å². The van der Waals surface area contributed by atoms with Crippen molar-refractivity contribution in [1.29, 1.82) is 0 Å². The van der Waals surface area contributed by atoms with Gasteiger partial charge in [0.1, 0.15) is 5.78 Å². The topological polar surface area (TPSA) is 122 Å². The van der Waals surface area contributed by atoms with Gasteiger partial charge in [-0.2, -0.15) is 0 Å². The van der Waals surface area contributed by atoms with Gasteiger partial charge in [0.2, 0.25) is 0 Å². The summed E-state index contributed by atoms with van der Waals surface area (Å²) in [7, 11) is 2.29. The summed E-state index contributed by atoms with van der Waals surface area (Å²) in [5.41, 5.74) is 0.541. The zero-order chi connectivity index (χ0) is 20.7. The molecule has 0 amide bonds. The van der Waals surface area contributed by atoms with Gasteiger partial charge in [-0.05, 0) is 17.7 Å². The van der Waals surface area contributed by atoms with E-state index in [1.54, 1.807) is 12.2 Å². The van der Waals surface area contributed by atoms with Crippen molar-refractivity contribution in [1.82, 2.24) is 0 Å². The second-order valence-electron chi connectivity index (χ2n) is 6.21. The van der Waals surface area contributed by atoms with Crippen LogP contribution in [0.4, 0.5) is 5.69 Å². The van der Waals surface area contributed by atoms with E-state index < -0.39 is 34.6 Å². The van der Waals surface area contributed by atoms with Crippen molar-refractivity contribution in [3.05, 3.63) is 46.0 Å². The van der Waals surface area contributed by atoms with Gasteiger partial charge in [0.25, 0.3) is 5.69 Å². The number of hydrogen-bond acceptors (Lipinski definition) is 8. The van der Waals surface area contributed by atoms with Crippen molar-refractivity contribution in [2.75, 3.05) is 27.4 Å². The number of nitro benzene ring substituents is 1. The highest BCUT2D eigenvalue weighted by atomic mass is 16.6. The number of carbonyl (C=O) groups excluding carboxylic acids is 3. The Morgan fingerprint density at radius 3 is 2.32 bits per heavy atom. The second-order valence-corrected chi connectivity index (χ2v) is 6.21. The Balaban J connectivity index is 2.38. The maximum absolute atomic E-state index is 12.4. The van der Waals surface area contributed by atoms with Gasteiger partial charge >= 0.3 is 11.9 Å². The Kier molecular flexibility index (Phi) is 7.39. The van der Waals surface area contributed by atoms with Crippen LogP contribution in [0.1, 0.15) is 12.0 Å². The summed E-state index contributed by atoms with van der Waals surface area (Å²) >= 11 is 0. The maximum atomic E-state index is 12.4. The number of Topliss-reactive ketones (excluding diaryl/α,β-unsaturated/α-hetero) is 1. The number of hydrogen-bond donors (Lipinski definition) is 0. The first-order valence-electron chi connectivity index (χ1n) is 8.57. The van der Waals surface area contributed by atoms with Crippen LogP contribution in [0.2, 0.25) is 0 Å². The highest BCUT2D eigenvalue weighted by molar-refractivity contribution is 5.96. The van der Waals surface area contributed by atoms with Crippen LogP contribution in [0.5, 0.6) is 0 Å². The molecule has 0 radical (unpaired) electrons. The van der Waals surface area contributed by atoms with Crippen LogP contribution < -0.4 is 0 Å². The Hall–Kier alpha value is -3.07. The molecule has 150 valence electrons. The van der Waals surface area contributed by atoms with E-state index in [1.165, 1.54) is 24.3 Å². The number of nitrogens with zero attached hydrogens (tertiary/aromatic N) is 1. The van der Waals surface area contributed by atoms with Gasteiger partial charge in [-0.15, -0.1) is 0 Å². The average molecular weight is 391 g/mol. The van der Waals surface area contributed by atoms with Crippen LogP contribution in [-0.4, -0.2) is 50.1 Å². The van der Waals surface area contributed by atoms with E-state index >= 15 is 0 Å². The lowest BCUT2D eigenvalue weighted by Crippen LogP contribution is -2.42. The average Bonchev–Trinajstić information content (AvgIpc) is 2.71. The summed E-state index contributed by atoms with van der Waals surface area (Å²) < 4.78 is 14.8. The summed E-state index contributed by atoms with van der Waals surface area (Å²) in [4.78, 5) is 47.1. The third-order valence-corrected chi connectivity index (χ3v) is 4.58. The lowest BCUT2D eigenvalue weighted by Gasteiger charge is -2.30. The molecule has 1 fully saturated rings. The number of rotatable bonds is 7. The highest BCUT2D eigenvalue weighted by Crippen LogP contribution is 2.30. The molecule has 1 aromatic rings. The number of methoxy groups -OCH3 is 2. The first-order chi connectivity index (χ1) is 13.4. The molecule has 2 rings (SSSR count). The molecule has 1 aliphatic rings. The van der Waals surface area contributed by atoms with Crippen LogP contribution in [0.15, 0.2) is 30.3 Å². The molecule has 9 heteroatoms. The van der Waals surface area contributed by atoms with Crippen molar-refractivity contribution >= 4 is 29.5 Å². The van der Waals surface area contributed by atoms with Gasteiger partial charge in [0, 0.05) is 30.4 Å². The monoisotopic (exact) mass is 391 g/mol. The number of carbonyl (C=O) groups is 3. The van der Waals surface area contributed by atoms with Crippen molar-refractivity contribution in [2.45, 2.75) is 6.42 Å². The van der Waals surface area contributed by atoms with Crippen LogP contribution in [0.3, 0.4) is 0 Å². The Labute approximate surface area is 161 Å². The van der Waals surface area contributed by atoms with Gasteiger partial charge in [0.05, 0.1) is 32.4 Å². The molecule has 1 saturated heterocycles. The van der Waals surface area contributed by atoms with E-state index in [1.807, 2.05) is 0 Å². The van der Waals surface area contributed by atoms with Crippen LogP contribution in [0, 0.1) is 27.9 Å². The highest BCUT2D eigenvalue weighted by Gasteiger charge is 2.43. The normalized spacial score (nSPS) is 18.1. The number of ketones is 1. The Morgan fingerprint density at radius 2 is 1.82 bits per heavy atom. The number of ether oxygens (including phenoxy) is 3. The molecule has 2 unspecified atom stereocenters. The van der Waals surface area contributed by atoms with E-state index in [0.29, 0.717) is 5.56 Å². The molecule has 0 bridgehead atoms. The zero-order valence-corrected chi connectivity index (χ0v) is 15.5. The first-order valence-corrected chi connectivity index (χ1v) is 8.57. The molecule has 0 saturated carbocycles. The van der Waals surface area contributed by atoms with Crippen molar-refractivity contribution < 1.29 is 33.5 Å². The number of benzene rings is 1. The van der Waals surface area contributed by atoms with Gasteiger partial charge in [-0.25, -0.2) is 0 Å². The predicted molar refractivity (Wildman–Crippen MR) is 97.1 cm³/mol. The minimum atomic E-state index is -1.33. The fourth-order valence-electron chi connectivity index (χ4n) is 3.06. The van der Waals surface area contributed by atoms with E-state index in [-0.39, 0.29) is 31.1 Å². The number of esters is 2. The van der Waals surface area contributed by atoms with E-state index in [0.717, 1.165) is 14.2 Å². The second kappa shape index (κ2) is 9.75. The third kappa shape index (κ3) is 5.01. The van der Waals surface area contributed by atoms with Gasteiger partial charge in [0.15, 0.2) is 5.92 Å². The summed E-state index contributed by atoms with van der Waals surface area (Å²) in [6.45, 7) is 0.355. The molecule has 1 heterocycles. The molecule has 9 nitrogen and oxygen atoms in total. The summed E-state index contributed by atoms with van der Waals surface area (Å²) in [5.74, 6) is -4.65. The van der Waals surface area contributed by atoms with E-state index in [2.05, 4.69) is 0 Å². The minimum Gasteiger partial charge on any atom is -0.468 e. The third-order valence-electron chi connectivity index (χ3n) is 4.58. The maximum Gasteiger partial charge on any atom is 0.320 e. The molecule has 0 spiro atoms. The molecular weight excluding hydrogens is 370 g/mol. The van der Waals surface area contributed by atoms with Crippen molar-refractivity contribution in [3.8, 4) is 0 Å². The summed E-state index contributed by atoms with van der Waals surface area (Å²) in [5, 5.41) is 10.8. The fraction of sp³-hybridized carbons (Fsp3) is 0.421. The first kappa shape index (κ1) is 21.2. The summed E-state index contributed by atoms with van der Waals surface area (Å²) in [6.07, 6.45) is 3.33. The van der Waals surface area contributed by atoms with Crippen LogP contribution in [-0.2, 0) is 28.6 Å². The molecule has 0 N–H and O–H groups in total. The molecule has 2 atom stereocenters. The standard InChI is InChI=1S/C19H21NO8/c1-26-18(22)17(19(23)27-2)14(15-11-28-10-9-16(15)21)8-5-12-3-6-13(7-4-12)20(24)25/h3-8,14-15,17H,9-11H2,1-2H3/b8-5+. The number of non-ortho nitro benzene ring substituents is 1.